The van der Waals surface area contributed by atoms with Gasteiger partial charge in [0.25, 0.3) is 0 Å². The molecule has 0 amide bonds. The minimum atomic E-state index is 0.458. The molecule has 17 heavy (non-hydrogen) atoms. The highest BCUT2D eigenvalue weighted by molar-refractivity contribution is 5.33. The summed E-state index contributed by atoms with van der Waals surface area (Å²) in [5.74, 6) is 1.10. The van der Waals surface area contributed by atoms with E-state index in [9.17, 15) is 0 Å². The number of anilines is 1. The number of hydrogen-bond acceptors (Lipinski definition) is 2. The van der Waals surface area contributed by atoms with E-state index in [0.717, 1.165) is 11.6 Å². The molecule has 1 aromatic heterocycles. The minimum absolute atomic E-state index is 0.458. The third-order valence-corrected chi connectivity index (χ3v) is 4.34. The van der Waals surface area contributed by atoms with E-state index >= 15 is 0 Å². The molecule has 0 radical (unpaired) electrons. The Hall–Kier alpha value is -0.990. The first-order valence-corrected chi connectivity index (χ1v) is 6.88. The molecule has 1 heterocycles. The van der Waals surface area contributed by atoms with Gasteiger partial charge in [-0.25, -0.2) is 4.98 Å². The number of nitrogens with zero attached hydrogens (tertiary/aromatic N) is 2. The van der Waals surface area contributed by atoms with Crippen molar-refractivity contribution >= 4 is 5.95 Å². The summed E-state index contributed by atoms with van der Waals surface area (Å²) in [6.45, 7) is 6.77. The van der Waals surface area contributed by atoms with E-state index in [1.165, 1.54) is 32.1 Å². The minimum Gasteiger partial charge on any atom is -0.353 e. The maximum absolute atomic E-state index is 4.65. The zero-order valence-electron chi connectivity index (χ0n) is 11.2. The lowest BCUT2D eigenvalue weighted by atomic mass is 10.2. The predicted molar refractivity (Wildman–Crippen MR) is 70.3 cm³/mol. The van der Waals surface area contributed by atoms with Crippen LogP contribution in [0.5, 0.6) is 0 Å². The van der Waals surface area contributed by atoms with E-state index in [1.807, 2.05) is 0 Å². The Balaban J connectivity index is 1.79. The van der Waals surface area contributed by atoms with Gasteiger partial charge in [-0.3, -0.25) is 0 Å². The molecule has 2 aliphatic rings. The summed E-state index contributed by atoms with van der Waals surface area (Å²) in [5.41, 5.74) is 1.59. The summed E-state index contributed by atoms with van der Waals surface area (Å²) in [5, 5.41) is 3.64. The summed E-state index contributed by atoms with van der Waals surface area (Å²) in [7, 11) is 0. The highest BCUT2D eigenvalue weighted by Gasteiger charge is 2.48. The summed E-state index contributed by atoms with van der Waals surface area (Å²) in [6.07, 6.45) is 8.83. The molecule has 3 nitrogen and oxygen atoms in total. The quantitative estimate of drug-likeness (QED) is 0.865. The molecule has 1 N–H and O–H groups in total. The van der Waals surface area contributed by atoms with Crippen LogP contribution in [-0.4, -0.2) is 15.6 Å². The van der Waals surface area contributed by atoms with E-state index in [-0.39, 0.29) is 0 Å². The molecular formula is C14H23N3. The molecule has 94 valence electrons. The van der Waals surface area contributed by atoms with Crippen molar-refractivity contribution in [1.29, 1.82) is 0 Å². The Morgan fingerprint density at radius 1 is 1.35 bits per heavy atom. The third-order valence-electron chi connectivity index (χ3n) is 4.34. The summed E-state index contributed by atoms with van der Waals surface area (Å²) in [6, 6.07) is 1.30. The molecule has 0 aliphatic heterocycles. The van der Waals surface area contributed by atoms with E-state index in [4.69, 9.17) is 0 Å². The Bertz CT molecular complexity index is 413. The van der Waals surface area contributed by atoms with Crippen LogP contribution in [0, 0.1) is 12.3 Å². The van der Waals surface area contributed by atoms with Gasteiger partial charge in [0.1, 0.15) is 0 Å². The molecular weight excluding hydrogens is 210 g/mol. The van der Waals surface area contributed by atoms with Crippen LogP contribution < -0.4 is 5.32 Å². The first-order valence-electron chi connectivity index (χ1n) is 6.88. The molecule has 1 unspecified atom stereocenters. The normalized spacial score (nSPS) is 27.4. The van der Waals surface area contributed by atoms with Gasteiger partial charge in [-0.15, -0.1) is 0 Å². The molecule has 0 aromatic carbocycles. The fourth-order valence-corrected chi connectivity index (χ4v) is 3.03. The molecule has 2 aliphatic carbocycles. The molecule has 0 spiro atoms. The van der Waals surface area contributed by atoms with Crippen LogP contribution in [0.1, 0.15) is 57.7 Å². The fourth-order valence-electron chi connectivity index (χ4n) is 3.03. The second kappa shape index (κ2) is 3.76. The molecule has 3 rings (SSSR count). The largest absolute Gasteiger partial charge is 0.353 e. The van der Waals surface area contributed by atoms with Gasteiger partial charge < -0.3 is 9.88 Å². The Kier molecular flexibility index (Phi) is 2.46. The van der Waals surface area contributed by atoms with E-state index in [0.29, 0.717) is 17.5 Å². The van der Waals surface area contributed by atoms with Crippen molar-refractivity contribution in [3.63, 3.8) is 0 Å². The van der Waals surface area contributed by atoms with Gasteiger partial charge in [-0.2, -0.15) is 0 Å². The second-order valence-corrected chi connectivity index (χ2v) is 6.45. The molecule has 2 saturated carbocycles. The van der Waals surface area contributed by atoms with Crippen molar-refractivity contribution in [2.24, 2.45) is 5.41 Å². The van der Waals surface area contributed by atoms with Crippen LogP contribution in [0.2, 0.25) is 0 Å². The molecule has 1 atom stereocenters. The number of aryl methyl sites for hydroxylation is 1. The lowest BCUT2D eigenvalue weighted by molar-refractivity contribution is 0.541. The van der Waals surface area contributed by atoms with Crippen molar-refractivity contribution in [3.05, 3.63) is 11.9 Å². The number of hydrogen-bond donors (Lipinski definition) is 1. The smallest absolute Gasteiger partial charge is 0.203 e. The standard InChI is InChI=1S/C14H23N3/c1-10-9-17(12-8-14(12,2)3)13(15-10)16-11-6-4-5-7-11/h9,11-12H,4-8H2,1-3H3,(H,15,16). The second-order valence-electron chi connectivity index (χ2n) is 6.45. The highest BCUT2D eigenvalue weighted by Crippen LogP contribution is 2.56. The Morgan fingerprint density at radius 3 is 2.59 bits per heavy atom. The number of rotatable bonds is 3. The summed E-state index contributed by atoms with van der Waals surface area (Å²) >= 11 is 0. The SMILES string of the molecule is Cc1cn(C2CC2(C)C)c(NC2CCCC2)n1. The van der Waals surface area contributed by atoms with Gasteiger partial charge in [0, 0.05) is 18.3 Å². The maximum Gasteiger partial charge on any atom is 0.203 e. The van der Waals surface area contributed by atoms with Gasteiger partial charge in [-0.05, 0) is 31.6 Å². The van der Waals surface area contributed by atoms with Crippen LogP contribution in [0.3, 0.4) is 0 Å². The van der Waals surface area contributed by atoms with Crippen molar-refractivity contribution in [1.82, 2.24) is 9.55 Å². The highest BCUT2D eigenvalue weighted by atomic mass is 15.2. The molecule has 3 heteroatoms. The van der Waals surface area contributed by atoms with Crippen molar-refractivity contribution in [2.45, 2.75) is 65.0 Å². The maximum atomic E-state index is 4.65. The predicted octanol–water partition coefficient (Wildman–Crippen LogP) is 3.52. The molecule has 0 saturated heterocycles. The van der Waals surface area contributed by atoms with Crippen LogP contribution in [0.4, 0.5) is 5.95 Å². The lowest BCUT2D eigenvalue weighted by Gasteiger charge is -2.15. The molecule has 0 bridgehead atoms. The summed E-state index contributed by atoms with van der Waals surface area (Å²) < 4.78 is 2.37. The van der Waals surface area contributed by atoms with Gasteiger partial charge in [-0.1, -0.05) is 26.7 Å². The lowest BCUT2D eigenvalue weighted by Crippen LogP contribution is -2.18. The van der Waals surface area contributed by atoms with Crippen LogP contribution >= 0.6 is 0 Å². The number of imidazole rings is 1. The van der Waals surface area contributed by atoms with Crippen molar-refractivity contribution in [2.75, 3.05) is 5.32 Å². The van der Waals surface area contributed by atoms with Crippen LogP contribution in [-0.2, 0) is 0 Å². The zero-order chi connectivity index (χ0) is 12.0. The fraction of sp³-hybridized carbons (Fsp3) is 0.786. The topological polar surface area (TPSA) is 29.9 Å². The van der Waals surface area contributed by atoms with Gasteiger partial charge in [0.2, 0.25) is 5.95 Å². The third kappa shape index (κ3) is 2.07. The van der Waals surface area contributed by atoms with Crippen LogP contribution in [0.15, 0.2) is 6.20 Å². The first kappa shape index (κ1) is 11.1. The molecule has 1 aromatic rings. The van der Waals surface area contributed by atoms with Crippen molar-refractivity contribution < 1.29 is 0 Å². The summed E-state index contributed by atoms with van der Waals surface area (Å²) in [4.78, 5) is 4.65. The first-order chi connectivity index (χ1) is 8.06. The van der Waals surface area contributed by atoms with Gasteiger partial charge in [0.15, 0.2) is 0 Å². The van der Waals surface area contributed by atoms with E-state index in [1.54, 1.807) is 0 Å². The van der Waals surface area contributed by atoms with Crippen LogP contribution in [0.25, 0.3) is 0 Å². The van der Waals surface area contributed by atoms with E-state index in [2.05, 4.69) is 41.8 Å². The van der Waals surface area contributed by atoms with Gasteiger partial charge >= 0.3 is 0 Å². The molecule has 2 fully saturated rings. The van der Waals surface area contributed by atoms with E-state index < -0.39 is 0 Å². The average molecular weight is 233 g/mol. The number of aromatic nitrogens is 2. The Labute approximate surface area is 104 Å². The average Bonchev–Trinajstić information content (AvgIpc) is 2.70. The van der Waals surface area contributed by atoms with Crippen molar-refractivity contribution in [3.8, 4) is 0 Å². The zero-order valence-corrected chi connectivity index (χ0v) is 11.2. The Morgan fingerprint density at radius 2 is 2.00 bits per heavy atom. The number of nitrogens with one attached hydrogen (secondary N) is 1. The van der Waals surface area contributed by atoms with Gasteiger partial charge in [0.05, 0.1) is 5.69 Å². The monoisotopic (exact) mass is 233 g/mol.